The molecule has 0 bridgehead atoms. The van der Waals surface area contributed by atoms with Gasteiger partial charge in [0.25, 0.3) is 0 Å². The molecule has 2 aliphatic rings. The zero-order valence-corrected chi connectivity index (χ0v) is 17.8. The van der Waals surface area contributed by atoms with Crippen LogP contribution in [-0.2, 0) is 30.2 Å². The Morgan fingerprint density at radius 1 is 0.750 bits per heavy atom. The third kappa shape index (κ3) is 6.38. The second-order valence-corrected chi connectivity index (χ2v) is 7.00. The van der Waals surface area contributed by atoms with Gasteiger partial charge >= 0.3 is 0 Å². The Morgan fingerprint density at radius 2 is 1.18 bits per heavy atom. The Kier molecular flexibility index (Phi) is 12.5. The Bertz CT molecular complexity index is 580. The molecule has 28 heavy (non-hydrogen) atoms. The molecule has 5 heteroatoms. The fourth-order valence-corrected chi connectivity index (χ4v) is 4.37. The number of hydrogen-bond donors (Lipinski definition) is 0. The van der Waals surface area contributed by atoms with Gasteiger partial charge in [0.2, 0.25) is 0 Å². The van der Waals surface area contributed by atoms with Crippen LogP contribution in [0.4, 0.5) is 0 Å². The van der Waals surface area contributed by atoms with Crippen molar-refractivity contribution in [2.75, 3.05) is 13.1 Å². The summed E-state index contributed by atoms with van der Waals surface area (Å²) < 4.78 is 0. The van der Waals surface area contributed by atoms with Crippen LogP contribution in [0.3, 0.4) is 0 Å². The van der Waals surface area contributed by atoms with Crippen LogP contribution in [0.2, 0.25) is 0 Å². The fourth-order valence-electron chi connectivity index (χ4n) is 4.37. The topological polar surface area (TPSA) is 32.3 Å². The van der Waals surface area contributed by atoms with E-state index in [4.69, 9.17) is 0 Å². The third-order valence-corrected chi connectivity index (χ3v) is 5.46. The summed E-state index contributed by atoms with van der Waals surface area (Å²) in [6, 6.07) is 13.8. The Balaban J connectivity index is 0.00000182. The number of pyridine rings is 2. The molecule has 4 heterocycles. The van der Waals surface area contributed by atoms with Crippen LogP contribution in [-0.4, -0.2) is 44.9 Å². The summed E-state index contributed by atoms with van der Waals surface area (Å²) in [5, 5.41) is 0. The molecule has 4 nitrogen and oxygen atoms in total. The van der Waals surface area contributed by atoms with Gasteiger partial charge in [0.1, 0.15) is 0 Å². The molecule has 2 fully saturated rings. The standard InChI is InChI=1S/C20H26N4.CH4.2CH3.Mn/c1-3-11-21-17(7-1)15-23-13-5-9-19(23)20-10-6-14-24(20)16-18-8-2-4-12-22-18;;;;/h1-4,7-8,11-12,19-20H,5-6,9-10,13-16H2;1H4;2*1H3;/q;;2*-1;/t19-,20-;;;;/m0..../s1. The number of rotatable bonds is 5. The average Bonchev–Trinajstić information content (AvgIpc) is 3.26. The Hall–Kier alpha value is -1.26. The third-order valence-electron chi connectivity index (χ3n) is 5.46. The summed E-state index contributed by atoms with van der Waals surface area (Å²) in [7, 11) is 0. The molecule has 1 radical (unpaired) electrons. The van der Waals surface area contributed by atoms with E-state index in [2.05, 4.69) is 44.0 Å². The van der Waals surface area contributed by atoms with Crippen molar-refractivity contribution in [2.24, 2.45) is 0 Å². The minimum atomic E-state index is 0. The van der Waals surface area contributed by atoms with Crippen molar-refractivity contribution in [1.29, 1.82) is 0 Å². The molecule has 0 aliphatic carbocycles. The molecule has 0 saturated carbocycles. The molecule has 2 saturated heterocycles. The molecule has 0 spiro atoms. The SMILES string of the molecule is C.[CH3-].[CH3-].[Mn].c1ccc(CN2CCC[C@H]2[C@@H]2CCCN2Cc2ccccn2)nc1. The van der Waals surface area contributed by atoms with E-state index in [9.17, 15) is 0 Å². The summed E-state index contributed by atoms with van der Waals surface area (Å²) in [5.74, 6) is 0. The maximum atomic E-state index is 4.52. The first-order chi connectivity index (χ1) is 11.9. The monoisotopic (exact) mass is 423 g/mol. The summed E-state index contributed by atoms with van der Waals surface area (Å²) >= 11 is 0. The van der Waals surface area contributed by atoms with Crippen molar-refractivity contribution < 1.29 is 17.1 Å². The van der Waals surface area contributed by atoms with Gasteiger partial charge in [-0.3, -0.25) is 19.8 Å². The van der Waals surface area contributed by atoms with Crippen molar-refractivity contribution in [3.05, 3.63) is 75.0 Å². The Labute approximate surface area is 183 Å². The van der Waals surface area contributed by atoms with E-state index in [-0.39, 0.29) is 39.3 Å². The number of nitrogens with zero attached hydrogens (tertiary/aromatic N) is 4. The molecule has 4 rings (SSSR count). The predicted molar refractivity (Wildman–Crippen MR) is 115 cm³/mol. The van der Waals surface area contributed by atoms with Gasteiger partial charge in [-0.2, -0.15) is 0 Å². The number of likely N-dealkylation sites (tertiary alicyclic amines) is 2. The summed E-state index contributed by atoms with van der Waals surface area (Å²) in [6.07, 6.45) is 9.07. The van der Waals surface area contributed by atoms with E-state index in [1.54, 1.807) is 0 Å². The smallest absolute Gasteiger partial charge is 0.0544 e. The molecule has 0 amide bonds. The summed E-state index contributed by atoms with van der Waals surface area (Å²) in [5.41, 5.74) is 2.39. The van der Waals surface area contributed by atoms with Gasteiger partial charge in [-0.25, -0.2) is 0 Å². The van der Waals surface area contributed by atoms with Gasteiger partial charge in [0, 0.05) is 54.6 Å². The largest absolute Gasteiger partial charge is 0.358 e. The molecular formula is C23H36MnN4-2. The van der Waals surface area contributed by atoms with E-state index >= 15 is 0 Å². The maximum absolute atomic E-state index is 4.52. The van der Waals surface area contributed by atoms with Crippen LogP contribution in [0.5, 0.6) is 0 Å². The zero-order valence-electron chi connectivity index (χ0n) is 16.6. The van der Waals surface area contributed by atoms with Crippen molar-refractivity contribution in [1.82, 2.24) is 19.8 Å². The molecule has 2 aromatic rings. The van der Waals surface area contributed by atoms with Gasteiger partial charge in [0.05, 0.1) is 11.4 Å². The first kappa shape index (κ1) is 26.7. The minimum Gasteiger partial charge on any atom is -0.358 e. The number of hydrogen-bond acceptors (Lipinski definition) is 4. The van der Waals surface area contributed by atoms with Crippen LogP contribution in [0, 0.1) is 14.9 Å². The van der Waals surface area contributed by atoms with Crippen LogP contribution >= 0.6 is 0 Å². The molecule has 0 unspecified atom stereocenters. The molecule has 2 atom stereocenters. The quantitative estimate of drug-likeness (QED) is 0.518. The van der Waals surface area contributed by atoms with Gasteiger partial charge < -0.3 is 14.9 Å². The molecule has 157 valence electrons. The van der Waals surface area contributed by atoms with Gasteiger partial charge in [-0.05, 0) is 63.0 Å². The van der Waals surface area contributed by atoms with Crippen molar-refractivity contribution in [3.8, 4) is 0 Å². The summed E-state index contributed by atoms with van der Waals surface area (Å²) in [6.45, 7) is 4.38. The molecule has 2 aromatic heterocycles. The second-order valence-electron chi connectivity index (χ2n) is 7.00. The van der Waals surface area contributed by atoms with Crippen molar-refractivity contribution >= 4 is 0 Å². The normalized spacial score (nSPS) is 21.7. The van der Waals surface area contributed by atoms with Gasteiger partial charge in [-0.15, -0.1) is 0 Å². The minimum absolute atomic E-state index is 0. The van der Waals surface area contributed by atoms with Gasteiger partial charge in [-0.1, -0.05) is 19.6 Å². The first-order valence-electron chi connectivity index (χ1n) is 9.18. The van der Waals surface area contributed by atoms with E-state index in [1.807, 2.05) is 24.5 Å². The summed E-state index contributed by atoms with van der Waals surface area (Å²) in [4.78, 5) is 14.4. The van der Waals surface area contributed by atoms with Crippen LogP contribution in [0.25, 0.3) is 0 Å². The van der Waals surface area contributed by atoms with E-state index < -0.39 is 0 Å². The molecule has 0 N–H and O–H groups in total. The number of aromatic nitrogens is 2. The van der Waals surface area contributed by atoms with E-state index in [1.165, 1.54) is 50.2 Å². The second kappa shape index (κ2) is 13.1. The van der Waals surface area contributed by atoms with Gasteiger partial charge in [0.15, 0.2) is 0 Å². The van der Waals surface area contributed by atoms with Crippen LogP contribution in [0.15, 0.2) is 48.8 Å². The predicted octanol–water partition coefficient (Wildman–Crippen LogP) is 4.64. The Morgan fingerprint density at radius 3 is 1.54 bits per heavy atom. The van der Waals surface area contributed by atoms with Crippen LogP contribution in [0.1, 0.15) is 44.5 Å². The molecule has 0 aromatic carbocycles. The zero-order chi connectivity index (χ0) is 16.2. The van der Waals surface area contributed by atoms with E-state index in [0.29, 0.717) is 12.1 Å². The van der Waals surface area contributed by atoms with Crippen molar-refractivity contribution in [2.45, 2.75) is 58.3 Å². The maximum Gasteiger partial charge on any atom is 0.0544 e. The average molecular weight is 424 g/mol. The molecule has 2 aliphatic heterocycles. The molecular weight excluding hydrogens is 387 g/mol. The fraction of sp³-hybridized carbons (Fsp3) is 0.478. The first-order valence-corrected chi connectivity index (χ1v) is 9.18. The van der Waals surface area contributed by atoms with Crippen molar-refractivity contribution in [3.63, 3.8) is 0 Å². The van der Waals surface area contributed by atoms with E-state index in [0.717, 1.165) is 13.1 Å². The van der Waals surface area contributed by atoms with Crippen LogP contribution < -0.4 is 0 Å².